The molecule has 0 aliphatic carbocycles. The molecule has 2 rings (SSSR count). The van der Waals surface area contributed by atoms with Crippen molar-refractivity contribution in [2.45, 2.75) is 6.42 Å². The molecule has 1 aliphatic rings. The molecule has 1 heterocycles. The van der Waals surface area contributed by atoms with E-state index in [1.54, 1.807) is 0 Å². The molecule has 0 radical (unpaired) electrons. The molecule has 0 bridgehead atoms. The molecule has 1 fully saturated rings. The average Bonchev–Trinajstić information content (AvgIpc) is 2.06. The Morgan fingerprint density at radius 3 is 2.46 bits per heavy atom. The fourth-order valence-corrected chi connectivity index (χ4v) is 2.18. The lowest BCUT2D eigenvalue weighted by atomic mass is 9.93. The summed E-state index contributed by atoms with van der Waals surface area (Å²) in [5, 5.41) is 0. The second kappa shape index (κ2) is 3.81. The monoisotopic (exact) mass is 239 g/mol. The van der Waals surface area contributed by atoms with E-state index < -0.39 is 0 Å². The molecule has 0 saturated carbocycles. The van der Waals surface area contributed by atoms with Crippen molar-refractivity contribution in [3.05, 3.63) is 34.3 Å². The van der Waals surface area contributed by atoms with Gasteiger partial charge in [-0.3, -0.25) is 0 Å². The minimum atomic E-state index is 0.881. The Balaban J connectivity index is 1.91. The van der Waals surface area contributed by atoms with Crippen LogP contribution in [0.4, 0.5) is 0 Å². The van der Waals surface area contributed by atoms with Crippen LogP contribution in [0.2, 0.25) is 0 Å². The second-order valence-electron chi connectivity index (χ2n) is 3.92. The molecule has 0 unspecified atom stereocenters. The Labute approximate surface area is 87.9 Å². The fraction of sp³-hybridized carbons (Fsp3) is 0.455. The summed E-state index contributed by atoms with van der Waals surface area (Å²) in [6, 6.07) is 8.67. The van der Waals surface area contributed by atoms with E-state index in [1.807, 2.05) is 0 Å². The Morgan fingerprint density at radius 1 is 1.31 bits per heavy atom. The third kappa shape index (κ3) is 2.32. The van der Waals surface area contributed by atoms with Gasteiger partial charge in [0.25, 0.3) is 0 Å². The highest BCUT2D eigenvalue weighted by atomic mass is 79.9. The van der Waals surface area contributed by atoms with Crippen LogP contribution in [0.25, 0.3) is 0 Å². The first-order valence-corrected chi connectivity index (χ1v) is 5.46. The van der Waals surface area contributed by atoms with Gasteiger partial charge >= 0.3 is 0 Å². The summed E-state index contributed by atoms with van der Waals surface area (Å²) in [7, 11) is 2.18. The van der Waals surface area contributed by atoms with E-state index in [4.69, 9.17) is 0 Å². The van der Waals surface area contributed by atoms with Crippen LogP contribution in [0.5, 0.6) is 0 Å². The molecule has 2 heteroatoms. The van der Waals surface area contributed by atoms with E-state index in [9.17, 15) is 0 Å². The zero-order valence-corrected chi connectivity index (χ0v) is 9.42. The highest BCUT2D eigenvalue weighted by molar-refractivity contribution is 9.10. The van der Waals surface area contributed by atoms with E-state index in [1.165, 1.54) is 29.5 Å². The number of nitrogens with zero attached hydrogens (tertiary/aromatic N) is 1. The van der Waals surface area contributed by atoms with Gasteiger partial charge in [-0.2, -0.15) is 0 Å². The van der Waals surface area contributed by atoms with Crippen molar-refractivity contribution in [2.75, 3.05) is 20.1 Å². The molecular formula is C11H14BrN. The molecule has 1 saturated heterocycles. The van der Waals surface area contributed by atoms with E-state index in [2.05, 4.69) is 52.1 Å². The van der Waals surface area contributed by atoms with Crippen LogP contribution >= 0.6 is 15.9 Å². The predicted octanol–water partition coefficient (Wildman–Crippen LogP) is 2.55. The van der Waals surface area contributed by atoms with Gasteiger partial charge in [0.1, 0.15) is 0 Å². The number of hydrogen-bond donors (Lipinski definition) is 0. The van der Waals surface area contributed by atoms with E-state index in [0.29, 0.717) is 0 Å². The molecule has 1 aliphatic heterocycles. The lowest BCUT2D eigenvalue weighted by Gasteiger charge is -2.36. The average molecular weight is 240 g/mol. The summed E-state index contributed by atoms with van der Waals surface area (Å²) in [5.74, 6) is 0.881. The zero-order chi connectivity index (χ0) is 9.26. The van der Waals surface area contributed by atoms with Crippen molar-refractivity contribution >= 4 is 15.9 Å². The second-order valence-corrected chi connectivity index (χ2v) is 4.83. The van der Waals surface area contributed by atoms with Gasteiger partial charge in [-0.1, -0.05) is 28.1 Å². The number of rotatable bonds is 2. The molecule has 13 heavy (non-hydrogen) atoms. The van der Waals surface area contributed by atoms with Gasteiger partial charge in [0.15, 0.2) is 0 Å². The molecule has 1 aromatic rings. The largest absolute Gasteiger partial charge is 0.306 e. The molecular weight excluding hydrogens is 226 g/mol. The van der Waals surface area contributed by atoms with Gasteiger partial charge in [0.05, 0.1) is 0 Å². The zero-order valence-electron chi connectivity index (χ0n) is 7.83. The highest BCUT2D eigenvalue weighted by Gasteiger charge is 2.22. The van der Waals surface area contributed by atoms with Crippen molar-refractivity contribution in [3.8, 4) is 0 Å². The standard InChI is InChI=1S/C11H14BrN/c1-13-7-10(8-13)6-9-2-4-11(12)5-3-9/h2-5,10H,6-8H2,1H3. The smallest absolute Gasteiger partial charge is 0.0175 e. The van der Waals surface area contributed by atoms with Gasteiger partial charge in [-0.05, 0) is 37.1 Å². The summed E-state index contributed by atoms with van der Waals surface area (Å²) < 4.78 is 1.17. The Hall–Kier alpha value is -0.340. The van der Waals surface area contributed by atoms with Crippen LogP contribution in [-0.2, 0) is 6.42 Å². The quantitative estimate of drug-likeness (QED) is 0.767. The number of benzene rings is 1. The van der Waals surface area contributed by atoms with Crippen LogP contribution in [0.15, 0.2) is 28.7 Å². The SMILES string of the molecule is CN1CC(Cc2ccc(Br)cc2)C1. The van der Waals surface area contributed by atoms with Gasteiger partial charge in [-0.15, -0.1) is 0 Å². The van der Waals surface area contributed by atoms with Gasteiger partial charge in [0.2, 0.25) is 0 Å². The predicted molar refractivity (Wildman–Crippen MR) is 58.8 cm³/mol. The Bertz CT molecular complexity index is 275. The van der Waals surface area contributed by atoms with Crippen LogP contribution in [0.3, 0.4) is 0 Å². The third-order valence-corrected chi connectivity index (χ3v) is 3.11. The lowest BCUT2D eigenvalue weighted by Crippen LogP contribution is -2.44. The summed E-state index contributed by atoms with van der Waals surface area (Å²) >= 11 is 3.44. The Kier molecular flexibility index (Phi) is 2.70. The summed E-state index contributed by atoms with van der Waals surface area (Å²) in [6.45, 7) is 2.52. The Morgan fingerprint density at radius 2 is 1.92 bits per heavy atom. The first kappa shape index (κ1) is 9.22. The summed E-state index contributed by atoms with van der Waals surface area (Å²) in [5.41, 5.74) is 1.46. The summed E-state index contributed by atoms with van der Waals surface area (Å²) in [6.07, 6.45) is 1.23. The number of halogens is 1. The highest BCUT2D eigenvalue weighted by Crippen LogP contribution is 2.19. The molecule has 0 spiro atoms. The van der Waals surface area contributed by atoms with Crippen molar-refractivity contribution in [2.24, 2.45) is 5.92 Å². The minimum absolute atomic E-state index is 0.881. The van der Waals surface area contributed by atoms with Crippen LogP contribution < -0.4 is 0 Å². The fourth-order valence-electron chi connectivity index (χ4n) is 1.91. The van der Waals surface area contributed by atoms with Gasteiger partial charge in [0, 0.05) is 17.6 Å². The van der Waals surface area contributed by atoms with Gasteiger partial charge < -0.3 is 4.90 Å². The molecule has 0 amide bonds. The number of hydrogen-bond acceptors (Lipinski definition) is 1. The van der Waals surface area contributed by atoms with Crippen molar-refractivity contribution < 1.29 is 0 Å². The van der Waals surface area contributed by atoms with Crippen molar-refractivity contribution in [1.29, 1.82) is 0 Å². The van der Waals surface area contributed by atoms with Crippen molar-refractivity contribution in [1.82, 2.24) is 4.90 Å². The normalized spacial score (nSPS) is 18.6. The molecule has 0 N–H and O–H groups in total. The molecule has 0 aromatic heterocycles. The minimum Gasteiger partial charge on any atom is -0.306 e. The maximum atomic E-state index is 3.44. The molecule has 1 aromatic carbocycles. The number of likely N-dealkylation sites (tertiary alicyclic amines) is 1. The van der Waals surface area contributed by atoms with Gasteiger partial charge in [-0.25, -0.2) is 0 Å². The first-order chi connectivity index (χ1) is 6.24. The topological polar surface area (TPSA) is 3.24 Å². The summed E-state index contributed by atoms with van der Waals surface area (Å²) in [4.78, 5) is 2.36. The molecule has 0 atom stereocenters. The van der Waals surface area contributed by atoms with E-state index >= 15 is 0 Å². The van der Waals surface area contributed by atoms with E-state index in [0.717, 1.165) is 5.92 Å². The van der Waals surface area contributed by atoms with E-state index in [-0.39, 0.29) is 0 Å². The molecule has 1 nitrogen and oxygen atoms in total. The van der Waals surface area contributed by atoms with Crippen molar-refractivity contribution in [3.63, 3.8) is 0 Å². The van der Waals surface area contributed by atoms with Crippen LogP contribution in [0.1, 0.15) is 5.56 Å². The first-order valence-electron chi connectivity index (χ1n) is 4.67. The maximum Gasteiger partial charge on any atom is 0.0175 e. The maximum absolute atomic E-state index is 3.44. The van der Waals surface area contributed by atoms with Crippen LogP contribution in [0, 0.1) is 5.92 Å². The third-order valence-electron chi connectivity index (χ3n) is 2.58. The molecule has 70 valence electrons. The van der Waals surface area contributed by atoms with Crippen LogP contribution in [-0.4, -0.2) is 25.0 Å². The lowest BCUT2D eigenvalue weighted by molar-refractivity contribution is 0.134.